The highest BCUT2D eigenvalue weighted by molar-refractivity contribution is 9.10. The fourth-order valence-electron chi connectivity index (χ4n) is 1.78. The lowest BCUT2D eigenvalue weighted by atomic mass is 10.0. The molecule has 100 valence electrons. The average molecular weight is 321 g/mol. The van der Waals surface area contributed by atoms with Crippen LogP contribution in [-0.4, -0.2) is 11.6 Å². The normalized spacial score (nSPS) is 12.2. The minimum absolute atomic E-state index is 0.176. The third kappa shape index (κ3) is 3.78. The van der Waals surface area contributed by atoms with E-state index in [2.05, 4.69) is 27.8 Å². The third-order valence-electron chi connectivity index (χ3n) is 2.80. The molecule has 1 heterocycles. The number of benzene rings is 1. The molecule has 1 aromatic carbocycles. The van der Waals surface area contributed by atoms with Crippen molar-refractivity contribution < 1.29 is 4.74 Å². The Morgan fingerprint density at radius 2 is 1.95 bits per heavy atom. The monoisotopic (exact) mass is 320 g/mol. The number of nitrogens with zero attached hydrogens (tertiary/aromatic N) is 1. The highest BCUT2D eigenvalue weighted by Gasteiger charge is 2.09. The van der Waals surface area contributed by atoms with E-state index in [1.54, 1.807) is 12.4 Å². The summed E-state index contributed by atoms with van der Waals surface area (Å²) in [7, 11) is 0. The maximum Gasteiger partial charge on any atom is 0.119 e. The summed E-state index contributed by atoms with van der Waals surface area (Å²) in [6.45, 7) is 2.82. The maximum absolute atomic E-state index is 6.23. The van der Waals surface area contributed by atoms with Crippen molar-refractivity contribution in [2.45, 2.75) is 19.4 Å². The van der Waals surface area contributed by atoms with Crippen molar-refractivity contribution >= 4 is 15.9 Å². The molecule has 0 amide bonds. The van der Waals surface area contributed by atoms with Gasteiger partial charge in [0.15, 0.2) is 0 Å². The minimum Gasteiger partial charge on any atom is -0.494 e. The second kappa shape index (κ2) is 6.68. The van der Waals surface area contributed by atoms with Gasteiger partial charge in [-0.1, -0.05) is 19.1 Å². The largest absolute Gasteiger partial charge is 0.494 e. The summed E-state index contributed by atoms with van der Waals surface area (Å²) >= 11 is 3.40. The van der Waals surface area contributed by atoms with E-state index in [4.69, 9.17) is 10.5 Å². The molecular formula is C15H17BrN2O. The van der Waals surface area contributed by atoms with E-state index in [-0.39, 0.29) is 6.04 Å². The predicted molar refractivity (Wildman–Crippen MR) is 80.2 cm³/mol. The lowest BCUT2D eigenvalue weighted by Crippen LogP contribution is -2.12. The number of hydrogen-bond acceptors (Lipinski definition) is 3. The van der Waals surface area contributed by atoms with Gasteiger partial charge in [0.05, 0.1) is 12.6 Å². The molecule has 0 saturated carbocycles. The van der Waals surface area contributed by atoms with Crippen LogP contribution >= 0.6 is 15.9 Å². The SMILES string of the molecule is CCCOc1ccc(C(N)c2cncc(Br)c2)cc1. The Kier molecular flexibility index (Phi) is 4.93. The fourth-order valence-corrected chi connectivity index (χ4v) is 2.16. The molecule has 3 nitrogen and oxygen atoms in total. The Morgan fingerprint density at radius 1 is 1.21 bits per heavy atom. The van der Waals surface area contributed by atoms with Crippen molar-refractivity contribution in [1.82, 2.24) is 4.98 Å². The van der Waals surface area contributed by atoms with Crippen LogP contribution in [0.15, 0.2) is 47.2 Å². The zero-order valence-corrected chi connectivity index (χ0v) is 12.4. The van der Waals surface area contributed by atoms with Crippen LogP contribution in [0.5, 0.6) is 5.75 Å². The first kappa shape index (κ1) is 14.0. The zero-order chi connectivity index (χ0) is 13.7. The summed E-state index contributed by atoms with van der Waals surface area (Å²) < 4.78 is 6.49. The van der Waals surface area contributed by atoms with Crippen LogP contribution in [0.2, 0.25) is 0 Å². The number of pyridine rings is 1. The molecule has 0 bridgehead atoms. The van der Waals surface area contributed by atoms with E-state index < -0.39 is 0 Å². The van der Waals surface area contributed by atoms with Gasteiger partial charge >= 0.3 is 0 Å². The Labute approximate surface area is 121 Å². The topological polar surface area (TPSA) is 48.1 Å². The number of aromatic nitrogens is 1. The number of nitrogens with two attached hydrogens (primary N) is 1. The Bertz CT molecular complexity index is 528. The van der Waals surface area contributed by atoms with Gasteiger partial charge in [0.1, 0.15) is 5.75 Å². The van der Waals surface area contributed by atoms with Crippen LogP contribution in [0.3, 0.4) is 0 Å². The molecule has 2 rings (SSSR count). The van der Waals surface area contributed by atoms with Crippen molar-refractivity contribution in [2.24, 2.45) is 5.73 Å². The molecule has 1 unspecified atom stereocenters. The van der Waals surface area contributed by atoms with Crippen LogP contribution in [0.1, 0.15) is 30.5 Å². The standard InChI is InChI=1S/C15H17BrN2O/c1-2-7-19-14-5-3-11(4-6-14)15(17)12-8-13(16)10-18-9-12/h3-6,8-10,15H,2,7,17H2,1H3. The Morgan fingerprint density at radius 3 is 2.58 bits per heavy atom. The molecule has 0 radical (unpaired) electrons. The number of ether oxygens (including phenoxy) is 1. The van der Waals surface area contributed by atoms with Gasteiger partial charge in [-0.25, -0.2) is 0 Å². The van der Waals surface area contributed by atoms with Gasteiger partial charge in [0.2, 0.25) is 0 Å². The molecule has 19 heavy (non-hydrogen) atoms. The lowest BCUT2D eigenvalue weighted by molar-refractivity contribution is 0.317. The van der Waals surface area contributed by atoms with E-state index in [0.29, 0.717) is 0 Å². The second-order valence-electron chi connectivity index (χ2n) is 4.33. The molecule has 0 saturated heterocycles. The molecule has 1 atom stereocenters. The smallest absolute Gasteiger partial charge is 0.119 e. The van der Waals surface area contributed by atoms with Crippen molar-refractivity contribution in [3.63, 3.8) is 0 Å². The first-order chi connectivity index (χ1) is 9.20. The third-order valence-corrected chi connectivity index (χ3v) is 3.23. The zero-order valence-electron chi connectivity index (χ0n) is 10.8. The van der Waals surface area contributed by atoms with Crippen LogP contribution in [0, 0.1) is 0 Å². The van der Waals surface area contributed by atoms with Gasteiger partial charge in [0, 0.05) is 16.9 Å². The van der Waals surface area contributed by atoms with Gasteiger partial charge < -0.3 is 10.5 Å². The summed E-state index contributed by atoms with van der Waals surface area (Å²) in [5.41, 5.74) is 8.26. The molecule has 0 fully saturated rings. The molecule has 4 heteroatoms. The fraction of sp³-hybridized carbons (Fsp3) is 0.267. The van der Waals surface area contributed by atoms with Gasteiger partial charge in [-0.05, 0) is 51.7 Å². The quantitative estimate of drug-likeness (QED) is 0.914. The van der Waals surface area contributed by atoms with Gasteiger partial charge in [-0.2, -0.15) is 0 Å². The van der Waals surface area contributed by atoms with Crippen molar-refractivity contribution in [3.8, 4) is 5.75 Å². The second-order valence-corrected chi connectivity index (χ2v) is 5.25. The summed E-state index contributed by atoms with van der Waals surface area (Å²) in [5, 5.41) is 0. The molecule has 2 N–H and O–H groups in total. The predicted octanol–water partition coefficient (Wildman–Crippen LogP) is 3.68. The van der Waals surface area contributed by atoms with Crippen LogP contribution in [0.25, 0.3) is 0 Å². The highest BCUT2D eigenvalue weighted by atomic mass is 79.9. The first-order valence-corrected chi connectivity index (χ1v) is 7.09. The Balaban J connectivity index is 2.13. The van der Waals surface area contributed by atoms with Gasteiger partial charge in [-0.15, -0.1) is 0 Å². The number of hydrogen-bond donors (Lipinski definition) is 1. The van der Waals surface area contributed by atoms with Gasteiger partial charge in [-0.3, -0.25) is 4.98 Å². The molecule has 0 spiro atoms. The molecule has 1 aromatic heterocycles. The van der Waals surface area contributed by atoms with Crippen LogP contribution < -0.4 is 10.5 Å². The summed E-state index contributed by atoms with van der Waals surface area (Å²) in [4.78, 5) is 4.14. The van der Waals surface area contributed by atoms with Crippen LogP contribution in [0.4, 0.5) is 0 Å². The molecule has 0 aliphatic carbocycles. The molecular weight excluding hydrogens is 304 g/mol. The van der Waals surface area contributed by atoms with Crippen molar-refractivity contribution in [2.75, 3.05) is 6.61 Å². The van der Waals surface area contributed by atoms with Crippen LogP contribution in [-0.2, 0) is 0 Å². The maximum atomic E-state index is 6.23. The minimum atomic E-state index is -0.176. The summed E-state index contributed by atoms with van der Waals surface area (Å²) in [5.74, 6) is 0.880. The Hall–Kier alpha value is -1.39. The molecule has 2 aromatic rings. The molecule has 0 aliphatic rings. The van der Waals surface area contributed by atoms with E-state index >= 15 is 0 Å². The average Bonchev–Trinajstić information content (AvgIpc) is 2.45. The first-order valence-electron chi connectivity index (χ1n) is 6.29. The van der Waals surface area contributed by atoms with E-state index in [0.717, 1.165) is 34.4 Å². The van der Waals surface area contributed by atoms with Gasteiger partial charge in [0.25, 0.3) is 0 Å². The summed E-state index contributed by atoms with van der Waals surface area (Å²) in [6, 6.07) is 9.71. The van der Waals surface area contributed by atoms with Crippen molar-refractivity contribution in [1.29, 1.82) is 0 Å². The van der Waals surface area contributed by atoms with E-state index in [9.17, 15) is 0 Å². The van der Waals surface area contributed by atoms with E-state index in [1.807, 2.05) is 30.3 Å². The number of halogens is 1. The number of rotatable bonds is 5. The highest BCUT2D eigenvalue weighted by Crippen LogP contribution is 2.23. The summed E-state index contributed by atoms with van der Waals surface area (Å²) in [6.07, 6.45) is 4.54. The van der Waals surface area contributed by atoms with Crippen molar-refractivity contribution in [3.05, 3.63) is 58.3 Å². The molecule has 0 aliphatic heterocycles. The van der Waals surface area contributed by atoms with E-state index in [1.165, 1.54) is 0 Å². The lowest BCUT2D eigenvalue weighted by Gasteiger charge is -2.13.